The zero-order valence-electron chi connectivity index (χ0n) is 7.86. The molecule has 2 nitrogen and oxygen atoms in total. The van der Waals surface area contributed by atoms with Crippen molar-refractivity contribution in [1.29, 1.82) is 0 Å². The summed E-state index contributed by atoms with van der Waals surface area (Å²) in [7, 11) is 0. The number of aromatic hydroxyl groups is 1. The topological polar surface area (TPSA) is 32.3 Å². The Morgan fingerprint density at radius 1 is 1.47 bits per heavy atom. The summed E-state index contributed by atoms with van der Waals surface area (Å²) < 4.78 is 26.5. The molecule has 0 bridgehead atoms. The van der Waals surface area contributed by atoms with Crippen molar-refractivity contribution in [3.63, 3.8) is 0 Å². The molecule has 1 fully saturated rings. The molecule has 82 valence electrons. The van der Waals surface area contributed by atoms with Crippen LogP contribution in [0.25, 0.3) is 0 Å². The van der Waals surface area contributed by atoms with E-state index < -0.39 is 11.6 Å². The predicted octanol–water partition coefficient (Wildman–Crippen LogP) is 2.75. The van der Waals surface area contributed by atoms with Gasteiger partial charge in [-0.2, -0.15) is 0 Å². The number of rotatable bonds is 1. The molecule has 1 aromatic carbocycles. The van der Waals surface area contributed by atoms with Crippen LogP contribution in [0.2, 0.25) is 5.02 Å². The average molecular weight is 234 g/mol. The van der Waals surface area contributed by atoms with Crippen LogP contribution in [0, 0.1) is 11.6 Å². The van der Waals surface area contributed by atoms with E-state index in [0.29, 0.717) is 6.42 Å². The molecule has 0 aromatic heterocycles. The number of hydrogen-bond acceptors (Lipinski definition) is 2. The Bertz CT molecular complexity index is 365. The lowest BCUT2D eigenvalue weighted by Crippen LogP contribution is -2.15. The van der Waals surface area contributed by atoms with Gasteiger partial charge in [0.25, 0.3) is 0 Å². The average Bonchev–Trinajstić information content (AvgIpc) is 2.69. The van der Waals surface area contributed by atoms with Gasteiger partial charge in [-0.3, -0.25) is 0 Å². The second-order valence-electron chi connectivity index (χ2n) is 3.57. The first-order chi connectivity index (χ1) is 7.11. The minimum absolute atomic E-state index is 0.0579. The van der Waals surface area contributed by atoms with Gasteiger partial charge in [-0.15, -0.1) is 0 Å². The number of phenols is 1. The van der Waals surface area contributed by atoms with Gasteiger partial charge in [0, 0.05) is 6.04 Å². The van der Waals surface area contributed by atoms with Gasteiger partial charge in [-0.1, -0.05) is 11.6 Å². The summed E-state index contributed by atoms with van der Waals surface area (Å²) >= 11 is 5.59. The normalized spacial score (nSPS) is 20.9. The van der Waals surface area contributed by atoms with E-state index in [4.69, 9.17) is 11.6 Å². The highest BCUT2D eigenvalue weighted by atomic mass is 35.5. The Kier molecular flexibility index (Phi) is 2.80. The minimum Gasteiger partial charge on any atom is -0.506 e. The largest absolute Gasteiger partial charge is 0.506 e. The molecule has 1 unspecified atom stereocenters. The molecule has 2 rings (SSSR count). The summed E-state index contributed by atoms with van der Waals surface area (Å²) in [5.74, 6) is -2.41. The SMILES string of the molecule is Oc1c(Cl)cc(F)c(F)c1C1CCCN1. The van der Waals surface area contributed by atoms with Crippen LogP contribution in [0.4, 0.5) is 8.78 Å². The Morgan fingerprint density at radius 2 is 2.20 bits per heavy atom. The molecule has 0 aliphatic carbocycles. The predicted molar refractivity (Wildman–Crippen MR) is 53.0 cm³/mol. The monoisotopic (exact) mass is 233 g/mol. The molecule has 1 aromatic rings. The summed E-state index contributed by atoms with van der Waals surface area (Å²) in [6, 6.07) is 0.434. The molecule has 0 saturated carbocycles. The van der Waals surface area contributed by atoms with Crippen LogP contribution < -0.4 is 5.32 Å². The number of hydrogen-bond donors (Lipinski definition) is 2. The van der Waals surface area contributed by atoms with Gasteiger partial charge in [0.05, 0.1) is 10.6 Å². The lowest BCUT2D eigenvalue weighted by atomic mass is 10.0. The highest BCUT2D eigenvalue weighted by Gasteiger charge is 2.26. The maximum Gasteiger partial charge on any atom is 0.167 e. The summed E-state index contributed by atoms with van der Waals surface area (Å²) in [4.78, 5) is 0. The molecular formula is C10H10ClF2NO. The fourth-order valence-corrected chi connectivity index (χ4v) is 2.05. The van der Waals surface area contributed by atoms with Gasteiger partial charge in [-0.25, -0.2) is 8.78 Å². The van der Waals surface area contributed by atoms with Crippen LogP contribution in [-0.4, -0.2) is 11.7 Å². The zero-order chi connectivity index (χ0) is 11.0. The quantitative estimate of drug-likeness (QED) is 0.731. The van der Waals surface area contributed by atoms with Crippen LogP contribution in [0.3, 0.4) is 0 Å². The summed E-state index contributed by atoms with van der Waals surface area (Å²) in [6.07, 6.45) is 1.54. The smallest absolute Gasteiger partial charge is 0.167 e. The molecule has 1 aliphatic heterocycles. The van der Waals surface area contributed by atoms with E-state index in [0.717, 1.165) is 19.0 Å². The van der Waals surface area contributed by atoms with Crippen molar-refractivity contribution < 1.29 is 13.9 Å². The molecule has 1 atom stereocenters. The first kappa shape index (κ1) is 10.6. The first-order valence-corrected chi connectivity index (χ1v) is 5.09. The standard InChI is InChI=1S/C10H10ClF2NO/c11-5-4-6(12)9(13)8(10(5)15)7-2-1-3-14-7/h4,7,14-15H,1-3H2. The summed E-state index contributed by atoms with van der Waals surface area (Å²) in [5, 5.41) is 12.4. The van der Waals surface area contributed by atoms with Crippen molar-refractivity contribution in [3.05, 3.63) is 28.3 Å². The van der Waals surface area contributed by atoms with Gasteiger partial charge >= 0.3 is 0 Å². The molecule has 1 saturated heterocycles. The molecule has 0 radical (unpaired) electrons. The van der Waals surface area contributed by atoms with Crippen LogP contribution in [0.15, 0.2) is 6.07 Å². The molecule has 15 heavy (non-hydrogen) atoms. The van der Waals surface area contributed by atoms with Crippen molar-refractivity contribution in [3.8, 4) is 5.75 Å². The van der Waals surface area contributed by atoms with Crippen LogP contribution in [-0.2, 0) is 0 Å². The Labute approximate surface area is 90.9 Å². The van der Waals surface area contributed by atoms with Crippen LogP contribution >= 0.6 is 11.6 Å². The number of phenolic OH excluding ortho intramolecular Hbond substituents is 1. The van der Waals surface area contributed by atoms with E-state index in [-0.39, 0.29) is 22.4 Å². The van der Waals surface area contributed by atoms with E-state index in [2.05, 4.69) is 5.32 Å². The van der Waals surface area contributed by atoms with E-state index >= 15 is 0 Å². The third-order valence-electron chi connectivity index (χ3n) is 2.59. The van der Waals surface area contributed by atoms with Crippen LogP contribution in [0.1, 0.15) is 24.4 Å². The fraction of sp³-hybridized carbons (Fsp3) is 0.400. The maximum absolute atomic E-state index is 13.5. The minimum atomic E-state index is -1.03. The second kappa shape index (κ2) is 3.94. The third kappa shape index (κ3) is 1.79. The molecule has 1 aliphatic rings. The van der Waals surface area contributed by atoms with Crippen molar-refractivity contribution in [1.82, 2.24) is 5.32 Å². The third-order valence-corrected chi connectivity index (χ3v) is 2.88. The Morgan fingerprint density at radius 3 is 2.80 bits per heavy atom. The van der Waals surface area contributed by atoms with Crippen molar-refractivity contribution in [2.24, 2.45) is 0 Å². The van der Waals surface area contributed by atoms with Gasteiger partial charge in [0.1, 0.15) is 5.75 Å². The van der Waals surface area contributed by atoms with Crippen LogP contribution in [0.5, 0.6) is 5.75 Å². The summed E-state index contributed by atoms with van der Waals surface area (Å²) in [6.45, 7) is 0.734. The fourth-order valence-electron chi connectivity index (χ4n) is 1.85. The molecule has 2 N–H and O–H groups in total. The number of halogens is 3. The van der Waals surface area contributed by atoms with E-state index in [1.807, 2.05) is 0 Å². The summed E-state index contributed by atoms with van der Waals surface area (Å²) in [5.41, 5.74) is -0.0579. The Hall–Kier alpha value is -0.870. The van der Waals surface area contributed by atoms with E-state index in [9.17, 15) is 13.9 Å². The van der Waals surface area contributed by atoms with E-state index in [1.165, 1.54) is 0 Å². The van der Waals surface area contributed by atoms with Gasteiger partial charge in [0.2, 0.25) is 0 Å². The number of nitrogens with one attached hydrogen (secondary N) is 1. The zero-order valence-corrected chi connectivity index (χ0v) is 8.61. The maximum atomic E-state index is 13.5. The van der Waals surface area contributed by atoms with Gasteiger partial charge < -0.3 is 10.4 Å². The van der Waals surface area contributed by atoms with Crippen molar-refractivity contribution in [2.75, 3.05) is 6.54 Å². The van der Waals surface area contributed by atoms with Crippen molar-refractivity contribution >= 4 is 11.6 Å². The lowest BCUT2D eigenvalue weighted by Gasteiger charge is -2.14. The van der Waals surface area contributed by atoms with E-state index in [1.54, 1.807) is 0 Å². The Balaban J connectivity index is 2.52. The highest BCUT2D eigenvalue weighted by molar-refractivity contribution is 6.32. The lowest BCUT2D eigenvalue weighted by molar-refractivity contribution is 0.425. The highest BCUT2D eigenvalue weighted by Crippen LogP contribution is 2.38. The molecule has 1 heterocycles. The second-order valence-corrected chi connectivity index (χ2v) is 3.97. The first-order valence-electron chi connectivity index (χ1n) is 4.71. The van der Waals surface area contributed by atoms with Gasteiger partial charge in [0.15, 0.2) is 11.6 Å². The molecule has 5 heteroatoms. The number of benzene rings is 1. The molecular weight excluding hydrogens is 224 g/mol. The van der Waals surface area contributed by atoms with Gasteiger partial charge in [-0.05, 0) is 25.5 Å². The molecule has 0 spiro atoms. The molecule has 0 amide bonds. The van der Waals surface area contributed by atoms with Crippen molar-refractivity contribution in [2.45, 2.75) is 18.9 Å².